The monoisotopic (exact) mass is 244 g/mol. The number of carbonyl (C=O) groups excluding carboxylic acids is 1. The molecule has 0 aliphatic heterocycles. The maximum atomic E-state index is 11.6. The Kier molecular flexibility index (Phi) is 3.69. The van der Waals surface area contributed by atoms with Crippen LogP contribution >= 0.6 is 0 Å². The van der Waals surface area contributed by atoms with Gasteiger partial charge in [-0.2, -0.15) is 0 Å². The molecular weight excluding hydrogens is 228 g/mol. The van der Waals surface area contributed by atoms with Crippen molar-refractivity contribution in [3.05, 3.63) is 35.4 Å². The number of benzene rings is 1. The zero-order valence-electron chi connectivity index (χ0n) is 10.4. The molecule has 1 N–H and O–H groups in total. The fourth-order valence-corrected chi connectivity index (χ4v) is 2.15. The van der Waals surface area contributed by atoms with Gasteiger partial charge in [-0.1, -0.05) is 24.0 Å². The summed E-state index contributed by atoms with van der Waals surface area (Å²) in [7, 11) is 1.34. The van der Waals surface area contributed by atoms with Gasteiger partial charge < -0.3 is 9.84 Å². The molecule has 0 radical (unpaired) electrons. The van der Waals surface area contributed by atoms with Gasteiger partial charge in [0.1, 0.15) is 5.60 Å². The molecule has 94 valence electrons. The zero-order valence-corrected chi connectivity index (χ0v) is 10.4. The Morgan fingerprint density at radius 1 is 1.33 bits per heavy atom. The highest BCUT2D eigenvalue weighted by Crippen LogP contribution is 2.28. The largest absolute Gasteiger partial charge is 0.465 e. The minimum absolute atomic E-state index is 0.404. The van der Waals surface area contributed by atoms with Gasteiger partial charge in [-0.3, -0.25) is 0 Å². The summed E-state index contributed by atoms with van der Waals surface area (Å²) >= 11 is 0. The average molecular weight is 244 g/mol. The third-order valence-electron chi connectivity index (χ3n) is 3.19. The van der Waals surface area contributed by atoms with Crippen molar-refractivity contribution in [2.45, 2.75) is 31.3 Å². The molecule has 18 heavy (non-hydrogen) atoms. The van der Waals surface area contributed by atoms with Gasteiger partial charge in [0.25, 0.3) is 0 Å². The van der Waals surface area contributed by atoms with Crippen LogP contribution in [0.15, 0.2) is 24.3 Å². The van der Waals surface area contributed by atoms with Crippen molar-refractivity contribution >= 4 is 5.97 Å². The van der Waals surface area contributed by atoms with Crippen molar-refractivity contribution in [3.63, 3.8) is 0 Å². The maximum Gasteiger partial charge on any atom is 0.339 e. The van der Waals surface area contributed by atoms with Crippen LogP contribution in [0.4, 0.5) is 0 Å². The lowest BCUT2D eigenvalue weighted by atomic mass is 10.0. The molecule has 1 aliphatic carbocycles. The molecule has 1 aromatic carbocycles. The van der Waals surface area contributed by atoms with Crippen molar-refractivity contribution in [2.75, 3.05) is 7.11 Å². The van der Waals surface area contributed by atoms with E-state index in [2.05, 4.69) is 11.8 Å². The molecule has 1 fully saturated rings. The van der Waals surface area contributed by atoms with Crippen molar-refractivity contribution < 1.29 is 14.6 Å². The Morgan fingerprint density at radius 3 is 2.67 bits per heavy atom. The van der Waals surface area contributed by atoms with Gasteiger partial charge in [0.15, 0.2) is 0 Å². The first-order valence-electron chi connectivity index (χ1n) is 6.07. The molecule has 1 saturated carbocycles. The second kappa shape index (κ2) is 5.24. The number of hydrogen-bond acceptors (Lipinski definition) is 3. The van der Waals surface area contributed by atoms with Crippen LogP contribution < -0.4 is 0 Å². The molecule has 0 atom stereocenters. The first-order valence-corrected chi connectivity index (χ1v) is 6.07. The minimum Gasteiger partial charge on any atom is -0.465 e. The average Bonchev–Trinajstić information content (AvgIpc) is 2.83. The van der Waals surface area contributed by atoms with Crippen molar-refractivity contribution in [1.82, 2.24) is 0 Å². The molecule has 0 amide bonds. The van der Waals surface area contributed by atoms with Crippen LogP contribution in [0.2, 0.25) is 0 Å². The summed E-state index contributed by atoms with van der Waals surface area (Å²) in [5, 5.41) is 10.1. The van der Waals surface area contributed by atoms with E-state index in [-0.39, 0.29) is 0 Å². The second-order valence-electron chi connectivity index (χ2n) is 4.53. The number of rotatable bonds is 1. The van der Waals surface area contributed by atoms with Crippen LogP contribution in [-0.4, -0.2) is 23.8 Å². The van der Waals surface area contributed by atoms with E-state index < -0.39 is 11.6 Å². The quantitative estimate of drug-likeness (QED) is 0.608. The topological polar surface area (TPSA) is 46.5 Å². The Hall–Kier alpha value is -1.79. The van der Waals surface area contributed by atoms with E-state index in [0.717, 1.165) is 12.8 Å². The standard InChI is InChI=1S/C15H16O3/c1-18-14(16)13-7-3-2-6-12(13)8-11-15(17)9-4-5-10-15/h2-3,6-7,17H,4-5,9-10H2,1H3. The van der Waals surface area contributed by atoms with Crippen molar-refractivity contribution in [1.29, 1.82) is 0 Å². The molecule has 0 heterocycles. The minimum atomic E-state index is -0.886. The highest BCUT2D eigenvalue weighted by Gasteiger charge is 2.28. The van der Waals surface area contributed by atoms with Crippen LogP contribution in [0.5, 0.6) is 0 Å². The lowest BCUT2D eigenvalue weighted by molar-refractivity contribution is 0.0600. The number of hydrogen-bond donors (Lipinski definition) is 1. The lowest BCUT2D eigenvalue weighted by Crippen LogP contribution is -2.20. The first kappa shape index (κ1) is 12.7. The summed E-state index contributed by atoms with van der Waals surface area (Å²) in [5.41, 5.74) is 0.155. The highest BCUT2D eigenvalue weighted by atomic mass is 16.5. The van der Waals surface area contributed by atoms with E-state index >= 15 is 0 Å². The Bertz CT molecular complexity index is 502. The van der Waals surface area contributed by atoms with Gasteiger partial charge in [-0.05, 0) is 37.8 Å². The summed E-state index contributed by atoms with van der Waals surface area (Å²) in [4.78, 5) is 11.6. The van der Waals surface area contributed by atoms with Gasteiger partial charge in [0.2, 0.25) is 0 Å². The lowest BCUT2D eigenvalue weighted by Gasteiger charge is -2.13. The van der Waals surface area contributed by atoms with Gasteiger partial charge >= 0.3 is 5.97 Å². The number of aliphatic hydroxyl groups is 1. The fourth-order valence-electron chi connectivity index (χ4n) is 2.15. The van der Waals surface area contributed by atoms with Crippen LogP contribution in [0.25, 0.3) is 0 Å². The third-order valence-corrected chi connectivity index (χ3v) is 3.19. The summed E-state index contributed by atoms with van der Waals surface area (Å²) in [6.07, 6.45) is 3.43. The van der Waals surface area contributed by atoms with Gasteiger partial charge in [-0.25, -0.2) is 4.79 Å². The number of esters is 1. The molecule has 1 aromatic rings. The van der Waals surface area contributed by atoms with Crippen molar-refractivity contribution in [3.8, 4) is 11.8 Å². The zero-order chi connectivity index (χ0) is 13.0. The first-order chi connectivity index (χ1) is 8.64. The Morgan fingerprint density at radius 2 is 2.00 bits per heavy atom. The predicted molar refractivity (Wildman–Crippen MR) is 68.1 cm³/mol. The predicted octanol–water partition coefficient (Wildman–Crippen LogP) is 2.13. The summed E-state index contributed by atoms with van der Waals surface area (Å²) < 4.78 is 4.70. The normalized spacial score (nSPS) is 16.8. The summed E-state index contributed by atoms with van der Waals surface area (Å²) in [6, 6.07) is 7.02. The number of methoxy groups -OCH3 is 1. The molecule has 0 aromatic heterocycles. The molecule has 0 spiro atoms. The van der Waals surface area contributed by atoms with Crippen molar-refractivity contribution in [2.24, 2.45) is 0 Å². The summed E-state index contributed by atoms with van der Waals surface area (Å²) in [6.45, 7) is 0. The smallest absolute Gasteiger partial charge is 0.339 e. The molecule has 0 saturated heterocycles. The van der Waals surface area contributed by atoms with Crippen LogP contribution in [-0.2, 0) is 4.74 Å². The summed E-state index contributed by atoms with van der Waals surface area (Å²) in [5.74, 6) is 5.40. The van der Waals surface area contributed by atoms with E-state index in [1.807, 2.05) is 6.07 Å². The van der Waals surface area contributed by atoms with E-state index in [1.165, 1.54) is 7.11 Å². The van der Waals surface area contributed by atoms with E-state index in [9.17, 15) is 9.90 Å². The van der Waals surface area contributed by atoms with E-state index in [4.69, 9.17) is 4.74 Å². The Balaban J connectivity index is 2.29. The number of carbonyl (C=O) groups is 1. The van der Waals surface area contributed by atoms with Crippen LogP contribution in [0.1, 0.15) is 41.6 Å². The molecule has 1 aliphatic rings. The fraction of sp³-hybridized carbons (Fsp3) is 0.400. The van der Waals surface area contributed by atoms with E-state index in [1.54, 1.807) is 18.2 Å². The Labute approximate surface area is 107 Å². The maximum absolute atomic E-state index is 11.6. The van der Waals surface area contributed by atoms with Crippen LogP contribution in [0.3, 0.4) is 0 Å². The molecule has 3 nitrogen and oxygen atoms in total. The highest BCUT2D eigenvalue weighted by molar-refractivity contribution is 5.92. The van der Waals surface area contributed by atoms with Gasteiger partial charge in [0.05, 0.1) is 12.7 Å². The molecular formula is C15H16O3. The SMILES string of the molecule is COC(=O)c1ccccc1C#CC1(O)CCCC1. The molecule has 2 rings (SSSR count). The molecule has 0 bridgehead atoms. The van der Waals surface area contributed by atoms with E-state index in [0.29, 0.717) is 24.0 Å². The van der Waals surface area contributed by atoms with Gasteiger partial charge in [-0.15, -0.1) is 0 Å². The van der Waals surface area contributed by atoms with Gasteiger partial charge in [0, 0.05) is 5.56 Å². The second-order valence-corrected chi connectivity index (χ2v) is 4.53. The third kappa shape index (κ3) is 2.72. The number of ether oxygens (including phenoxy) is 1. The van der Waals surface area contributed by atoms with Crippen LogP contribution in [0, 0.1) is 11.8 Å². The molecule has 3 heteroatoms. The molecule has 0 unspecified atom stereocenters.